The molecule has 0 aliphatic carbocycles. The molecule has 0 radical (unpaired) electrons. The van der Waals surface area contributed by atoms with Crippen molar-refractivity contribution in [1.29, 1.82) is 0 Å². The molecule has 7 nitrogen and oxygen atoms in total. The van der Waals surface area contributed by atoms with Gasteiger partial charge in [-0.25, -0.2) is 15.0 Å². The van der Waals surface area contributed by atoms with Crippen molar-refractivity contribution in [2.45, 2.75) is 20.8 Å². The van der Waals surface area contributed by atoms with Gasteiger partial charge in [0.2, 0.25) is 0 Å². The predicted octanol–water partition coefficient (Wildman–Crippen LogP) is 3.50. The Kier molecular flexibility index (Phi) is 5.61. The van der Waals surface area contributed by atoms with Gasteiger partial charge < -0.3 is 15.1 Å². The van der Waals surface area contributed by atoms with E-state index in [0.717, 1.165) is 41.4 Å². The summed E-state index contributed by atoms with van der Waals surface area (Å²) in [6, 6.07) is 13.7. The monoisotopic (exact) mass is 402 g/mol. The van der Waals surface area contributed by atoms with E-state index < -0.39 is 0 Å². The van der Waals surface area contributed by atoms with E-state index in [1.807, 2.05) is 68.1 Å². The lowest BCUT2D eigenvalue weighted by Gasteiger charge is -2.35. The molecule has 3 aromatic rings. The largest absolute Gasteiger partial charge is 0.353 e. The van der Waals surface area contributed by atoms with Gasteiger partial charge in [-0.3, -0.25) is 4.79 Å². The minimum atomic E-state index is 0.104. The number of hydrogen-bond acceptors (Lipinski definition) is 6. The summed E-state index contributed by atoms with van der Waals surface area (Å²) in [5.74, 6) is 3.11. The minimum Gasteiger partial charge on any atom is -0.353 e. The second-order valence-corrected chi connectivity index (χ2v) is 7.60. The lowest BCUT2D eigenvalue weighted by molar-refractivity contribution is 0.0745. The summed E-state index contributed by atoms with van der Waals surface area (Å²) in [4.78, 5) is 30.5. The molecule has 0 atom stereocenters. The second kappa shape index (κ2) is 8.49. The maximum atomic E-state index is 13.0. The van der Waals surface area contributed by atoms with Gasteiger partial charge in [0.05, 0.1) is 0 Å². The average molecular weight is 403 g/mol. The Hall–Kier alpha value is -3.48. The summed E-state index contributed by atoms with van der Waals surface area (Å²) < 4.78 is 0. The molecule has 0 saturated carbocycles. The number of nitrogens with zero attached hydrogens (tertiary/aromatic N) is 5. The van der Waals surface area contributed by atoms with Crippen molar-refractivity contribution >= 4 is 23.4 Å². The number of aromatic nitrogens is 3. The van der Waals surface area contributed by atoms with E-state index in [2.05, 4.69) is 25.2 Å². The lowest BCUT2D eigenvalue weighted by atomic mass is 10.0. The summed E-state index contributed by atoms with van der Waals surface area (Å²) in [5.41, 5.74) is 2.92. The van der Waals surface area contributed by atoms with E-state index in [-0.39, 0.29) is 5.91 Å². The summed E-state index contributed by atoms with van der Waals surface area (Å²) in [7, 11) is 0. The number of amides is 1. The molecule has 154 valence electrons. The van der Waals surface area contributed by atoms with Crippen LogP contribution in [-0.2, 0) is 0 Å². The molecule has 1 N–H and O–H groups in total. The highest BCUT2D eigenvalue weighted by molar-refractivity contribution is 5.96. The van der Waals surface area contributed by atoms with Crippen LogP contribution in [0, 0.1) is 20.8 Å². The first kappa shape index (κ1) is 19.8. The number of rotatable bonds is 4. The number of carbonyl (C=O) groups is 1. The number of piperazine rings is 1. The molecule has 0 bridgehead atoms. The van der Waals surface area contributed by atoms with Crippen molar-refractivity contribution < 1.29 is 4.79 Å². The molecule has 1 aliphatic rings. The van der Waals surface area contributed by atoms with Gasteiger partial charge in [-0.2, -0.15) is 0 Å². The molecule has 1 aromatic carbocycles. The Bertz CT molecular complexity index is 1040. The van der Waals surface area contributed by atoms with Gasteiger partial charge in [-0.05, 0) is 44.5 Å². The predicted molar refractivity (Wildman–Crippen MR) is 118 cm³/mol. The molecular formula is C23H26N6O. The van der Waals surface area contributed by atoms with Gasteiger partial charge in [0.15, 0.2) is 0 Å². The zero-order valence-corrected chi connectivity index (χ0v) is 17.6. The molecule has 2 aromatic heterocycles. The fraction of sp³-hybridized carbons (Fsp3) is 0.304. The minimum absolute atomic E-state index is 0.104. The Morgan fingerprint density at radius 2 is 1.73 bits per heavy atom. The number of nitrogens with one attached hydrogen (secondary N) is 1. The SMILES string of the molecule is Cc1ccc(C)c(C(=O)N2CCN(c3cc(Nc4ccccn4)nc(C)n3)CC2)c1. The van der Waals surface area contributed by atoms with Crippen LogP contribution < -0.4 is 10.2 Å². The summed E-state index contributed by atoms with van der Waals surface area (Å²) in [6.45, 7) is 8.68. The number of hydrogen-bond donors (Lipinski definition) is 1. The van der Waals surface area contributed by atoms with Gasteiger partial charge in [0.1, 0.15) is 23.3 Å². The third kappa shape index (κ3) is 4.40. The van der Waals surface area contributed by atoms with Crippen LogP contribution in [0.25, 0.3) is 0 Å². The number of anilines is 3. The maximum absolute atomic E-state index is 13.0. The van der Waals surface area contributed by atoms with Crippen LogP contribution in [-0.4, -0.2) is 51.9 Å². The first-order valence-electron chi connectivity index (χ1n) is 10.1. The molecule has 7 heteroatoms. The third-order valence-corrected chi connectivity index (χ3v) is 5.26. The molecule has 0 spiro atoms. The van der Waals surface area contributed by atoms with E-state index in [0.29, 0.717) is 24.7 Å². The molecule has 30 heavy (non-hydrogen) atoms. The van der Waals surface area contributed by atoms with Gasteiger partial charge in [-0.15, -0.1) is 0 Å². The fourth-order valence-corrected chi connectivity index (χ4v) is 3.62. The Labute approximate surface area is 176 Å². The summed E-state index contributed by atoms with van der Waals surface area (Å²) in [5, 5.41) is 3.23. The topological polar surface area (TPSA) is 74.2 Å². The Balaban J connectivity index is 1.45. The molecule has 1 aliphatic heterocycles. The Morgan fingerprint density at radius 3 is 2.47 bits per heavy atom. The standard InChI is InChI=1S/C23H26N6O/c1-16-7-8-17(2)19(14-16)23(30)29-12-10-28(11-13-29)22-15-21(25-18(3)26-22)27-20-6-4-5-9-24-20/h4-9,14-15H,10-13H2,1-3H3,(H,24,25,26,27). The van der Waals surface area contributed by atoms with Crippen LogP contribution in [0.4, 0.5) is 17.5 Å². The number of carbonyl (C=O) groups excluding carboxylic acids is 1. The van der Waals surface area contributed by atoms with E-state index in [9.17, 15) is 4.79 Å². The molecule has 1 saturated heterocycles. The molecule has 1 amide bonds. The number of benzene rings is 1. The quantitative estimate of drug-likeness (QED) is 0.720. The van der Waals surface area contributed by atoms with Crippen molar-refractivity contribution in [2.75, 3.05) is 36.4 Å². The van der Waals surface area contributed by atoms with Gasteiger partial charge >= 0.3 is 0 Å². The van der Waals surface area contributed by atoms with E-state index in [4.69, 9.17) is 0 Å². The van der Waals surface area contributed by atoms with Crippen molar-refractivity contribution in [3.8, 4) is 0 Å². The highest BCUT2D eigenvalue weighted by Crippen LogP contribution is 2.21. The van der Waals surface area contributed by atoms with Crippen molar-refractivity contribution in [3.05, 3.63) is 71.2 Å². The molecule has 0 unspecified atom stereocenters. The first-order valence-corrected chi connectivity index (χ1v) is 10.1. The Morgan fingerprint density at radius 1 is 0.933 bits per heavy atom. The normalized spacial score (nSPS) is 14.0. The van der Waals surface area contributed by atoms with Crippen LogP contribution in [0.3, 0.4) is 0 Å². The highest BCUT2D eigenvalue weighted by Gasteiger charge is 2.24. The van der Waals surface area contributed by atoms with Crippen molar-refractivity contribution in [3.63, 3.8) is 0 Å². The average Bonchev–Trinajstić information content (AvgIpc) is 2.75. The van der Waals surface area contributed by atoms with E-state index >= 15 is 0 Å². The second-order valence-electron chi connectivity index (χ2n) is 7.60. The van der Waals surface area contributed by atoms with Crippen LogP contribution in [0.15, 0.2) is 48.7 Å². The van der Waals surface area contributed by atoms with Crippen LogP contribution in [0.5, 0.6) is 0 Å². The maximum Gasteiger partial charge on any atom is 0.254 e. The van der Waals surface area contributed by atoms with Gasteiger partial charge in [0, 0.05) is 44.0 Å². The van der Waals surface area contributed by atoms with E-state index in [1.165, 1.54) is 0 Å². The summed E-state index contributed by atoms with van der Waals surface area (Å²) >= 11 is 0. The van der Waals surface area contributed by atoms with Crippen molar-refractivity contribution in [1.82, 2.24) is 19.9 Å². The zero-order chi connectivity index (χ0) is 21.1. The first-order chi connectivity index (χ1) is 14.5. The number of pyridine rings is 1. The van der Waals surface area contributed by atoms with Crippen LogP contribution in [0.1, 0.15) is 27.3 Å². The van der Waals surface area contributed by atoms with Crippen molar-refractivity contribution in [2.24, 2.45) is 0 Å². The van der Waals surface area contributed by atoms with Crippen LogP contribution >= 0.6 is 0 Å². The molecule has 4 rings (SSSR count). The van der Waals surface area contributed by atoms with Gasteiger partial charge in [-0.1, -0.05) is 23.8 Å². The van der Waals surface area contributed by atoms with E-state index in [1.54, 1.807) is 6.20 Å². The van der Waals surface area contributed by atoms with Crippen LogP contribution in [0.2, 0.25) is 0 Å². The smallest absolute Gasteiger partial charge is 0.254 e. The molecular weight excluding hydrogens is 376 g/mol. The number of aryl methyl sites for hydroxylation is 3. The molecule has 1 fully saturated rings. The lowest BCUT2D eigenvalue weighted by Crippen LogP contribution is -2.49. The summed E-state index contributed by atoms with van der Waals surface area (Å²) in [6.07, 6.45) is 1.74. The van der Waals surface area contributed by atoms with Gasteiger partial charge in [0.25, 0.3) is 5.91 Å². The third-order valence-electron chi connectivity index (χ3n) is 5.26. The fourth-order valence-electron chi connectivity index (χ4n) is 3.62. The highest BCUT2D eigenvalue weighted by atomic mass is 16.2. The zero-order valence-electron chi connectivity index (χ0n) is 17.6. The molecule has 3 heterocycles.